The first-order valence-electron chi connectivity index (χ1n) is 11.7. The average Bonchev–Trinajstić information content (AvgIpc) is 2.78. The highest BCUT2D eigenvalue weighted by molar-refractivity contribution is 6.02. The van der Waals surface area contributed by atoms with Crippen LogP contribution in [0.5, 0.6) is 11.5 Å². The lowest BCUT2D eigenvalue weighted by atomic mass is 9.73. The quantitative estimate of drug-likeness (QED) is 0.667. The third-order valence-corrected chi connectivity index (χ3v) is 6.67. The first-order chi connectivity index (χ1) is 15.7. The number of amides is 1. The van der Waals surface area contributed by atoms with Crippen LogP contribution in [-0.4, -0.2) is 25.4 Å². The summed E-state index contributed by atoms with van der Waals surface area (Å²) in [4.78, 5) is 26.0. The Bertz CT molecular complexity index is 1090. The number of carbonyl (C=O) groups excluding carboxylic acids is 2. The summed E-state index contributed by atoms with van der Waals surface area (Å²) in [6, 6.07) is 14.2. The molecule has 5 heteroatoms. The van der Waals surface area contributed by atoms with Gasteiger partial charge in [-0.05, 0) is 53.5 Å². The normalized spacial score (nSPS) is 20.9. The Morgan fingerprint density at radius 1 is 0.939 bits per heavy atom. The van der Waals surface area contributed by atoms with Gasteiger partial charge in [-0.25, -0.2) is 0 Å². The van der Waals surface area contributed by atoms with Crippen molar-refractivity contribution in [1.29, 1.82) is 0 Å². The van der Waals surface area contributed by atoms with E-state index in [1.54, 1.807) is 7.11 Å². The van der Waals surface area contributed by atoms with Gasteiger partial charge in [0.05, 0.1) is 13.7 Å². The highest BCUT2D eigenvalue weighted by atomic mass is 16.5. The summed E-state index contributed by atoms with van der Waals surface area (Å²) in [7, 11) is 1.62. The molecule has 174 valence electrons. The van der Waals surface area contributed by atoms with E-state index in [0.29, 0.717) is 37.4 Å². The third-order valence-electron chi connectivity index (χ3n) is 6.67. The van der Waals surface area contributed by atoms with Gasteiger partial charge in [-0.3, -0.25) is 9.59 Å². The number of methoxy groups -OCH3 is 1. The maximum absolute atomic E-state index is 13.4. The van der Waals surface area contributed by atoms with Crippen molar-refractivity contribution in [2.45, 2.75) is 64.2 Å². The Kier molecular flexibility index (Phi) is 6.33. The number of nitrogens with one attached hydrogen (secondary N) is 1. The van der Waals surface area contributed by atoms with Crippen LogP contribution in [0.2, 0.25) is 0 Å². The van der Waals surface area contributed by atoms with Crippen LogP contribution in [0.3, 0.4) is 0 Å². The molecule has 33 heavy (non-hydrogen) atoms. The minimum atomic E-state index is -0.189. The van der Waals surface area contributed by atoms with E-state index < -0.39 is 0 Å². The summed E-state index contributed by atoms with van der Waals surface area (Å²) >= 11 is 0. The second-order valence-electron chi connectivity index (χ2n) is 9.94. The molecule has 1 amide bonds. The van der Waals surface area contributed by atoms with Crippen LogP contribution in [0.15, 0.2) is 53.7 Å². The Morgan fingerprint density at radius 3 is 2.27 bits per heavy atom. The maximum atomic E-state index is 13.4. The van der Waals surface area contributed by atoms with E-state index >= 15 is 0 Å². The van der Waals surface area contributed by atoms with E-state index in [4.69, 9.17) is 9.47 Å². The fourth-order valence-electron chi connectivity index (χ4n) is 4.91. The number of benzene rings is 2. The predicted octanol–water partition coefficient (Wildman–Crippen LogP) is 5.40. The van der Waals surface area contributed by atoms with Crippen LogP contribution in [0.25, 0.3) is 0 Å². The smallest absolute Gasteiger partial charge is 0.225 e. The van der Waals surface area contributed by atoms with Crippen LogP contribution < -0.4 is 14.8 Å². The van der Waals surface area contributed by atoms with Gasteiger partial charge in [0.1, 0.15) is 0 Å². The summed E-state index contributed by atoms with van der Waals surface area (Å²) in [5.41, 5.74) is 4.87. The number of hydrogen-bond acceptors (Lipinski definition) is 4. The van der Waals surface area contributed by atoms with Crippen molar-refractivity contribution in [3.8, 4) is 11.5 Å². The predicted molar refractivity (Wildman–Crippen MR) is 129 cm³/mol. The van der Waals surface area contributed by atoms with E-state index in [1.165, 1.54) is 5.56 Å². The fourth-order valence-corrected chi connectivity index (χ4v) is 4.91. The molecule has 2 aliphatic rings. The molecule has 0 spiro atoms. The summed E-state index contributed by atoms with van der Waals surface area (Å²) in [5.74, 6) is 1.23. The topological polar surface area (TPSA) is 64.6 Å². The third kappa shape index (κ3) is 4.68. The highest BCUT2D eigenvalue weighted by Crippen LogP contribution is 2.44. The van der Waals surface area contributed by atoms with Crippen molar-refractivity contribution in [3.05, 3.63) is 70.4 Å². The van der Waals surface area contributed by atoms with E-state index in [9.17, 15) is 9.59 Å². The van der Waals surface area contributed by atoms with Crippen LogP contribution in [-0.2, 0) is 15.0 Å². The van der Waals surface area contributed by atoms with Gasteiger partial charge in [-0.15, -0.1) is 0 Å². The van der Waals surface area contributed by atoms with Crippen molar-refractivity contribution in [3.63, 3.8) is 0 Å². The van der Waals surface area contributed by atoms with Crippen molar-refractivity contribution in [2.24, 2.45) is 0 Å². The van der Waals surface area contributed by atoms with E-state index in [0.717, 1.165) is 22.4 Å². The Labute approximate surface area is 196 Å². The van der Waals surface area contributed by atoms with Gasteiger partial charge < -0.3 is 14.8 Å². The molecule has 0 saturated carbocycles. The molecule has 0 saturated heterocycles. The fraction of sp³-hybridized carbons (Fsp3) is 0.429. The number of hydrogen-bond donors (Lipinski definition) is 1. The molecule has 0 aromatic heterocycles. The Balaban J connectivity index is 1.65. The van der Waals surface area contributed by atoms with Crippen molar-refractivity contribution in [1.82, 2.24) is 5.32 Å². The summed E-state index contributed by atoms with van der Waals surface area (Å²) in [6.45, 7) is 9.02. The summed E-state index contributed by atoms with van der Waals surface area (Å²) in [5, 5.41) is 3.01. The number of ketones is 1. The van der Waals surface area contributed by atoms with Gasteiger partial charge in [0.25, 0.3) is 0 Å². The number of rotatable bonds is 5. The first kappa shape index (κ1) is 23.1. The number of ether oxygens (including phenoxy) is 2. The Morgan fingerprint density at radius 2 is 1.64 bits per heavy atom. The van der Waals surface area contributed by atoms with E-state index in [1.807, 2.05) is 25.1 Å². The molecular formula is C28H33NO4. The molecule has 1 aliphatic heterocycles. The van der Waals surface area contributed by atoms with Crippen LogP contribution >= 0.6 is 0 Å². The zero-order valence-electron chi connectivity index (χ0n) is 20.2. The molecule has 5 nitrogen and oxygen atoms in total. The molecule has 0 bridgehead atoms. The summed E-state index contributed by atoms with van der Waals surface area (Å²) in [6.07, 6.45) is 1.35. The van der Waals surface area contributed by atoms with E-state index in [-0.39, 0.29) is 28.9 Å². The molecule has 0 radical (unpaired) electrons. The molecule has 0 fully saturated rings. The second-order valence-corrected chi connectivity index (χ2v) is 9.94. The molecule has 2 aromatic rings. The zero-order valence-corrected chi connectivity index (χ0v) is 20.2. The van der Waals surface area contributed by atoms with Crippen molar-refractivity contribution < 1.29 is 19.1 Å². The van der Waals surface area contributed by atoms with Gasteiger partial charge in [0.15, 0.2) is 17.3 Å². The molecule has 2 aromatic carbocycles. The molecule has 1 heterocycles. The van der Waals surface area contributed by atoms with Gasteiger partial charge in [0, 0.05) is 30.0 Å². The maximum Gasteiger partial charge on any atom is 0.225 e. The lowest BCUT2D eigenvalue weighted by Crippen LogP contribution is -2.38. The highest BCUT2D eigenvalue weighted by Gasteiger charge is 2.38. The minimum Gasteiger partial charge on any atom is -0.493 e. The lowest BCUT2D eigenvalue weighted by molar-refractivity contribution is -0.122. The van der Waals surface area contributed by atoms with Gasteiger partial charge >= 0.3 is 0 Å². The molecule has 1 N–H and O–H groups in total. The SMILES string of the molecule is CCOc1ccc(C2CC(=O)C3=C(C2)NC(=O)CC3c2ccc(C(C)(C)C)cc2)cc1OC. The minimum absolute atomic E-state index is 0.0110. The largest absolute Gasteiger partial charge is 0.493 e. The van der Waals surface area contributed by atoms with Crippen LogP contribution in [0, 0.1) is 0 Å². The molecular weight excluding hydrogens is 414 g/mol. The molecule has 1 aliphatic carbocycles. The van der Waals surface area contributed by atoms with Gasteiger partial charge in [-0.1, -0.05) is 51.1 Å². The lowest BCUT2D eigenvalue weighted by Gasteiger charge is -2.34. The second kappa shape index (κ2) is 9.05. The average molecular weight is 448 g/mol. The van der Waals surface area contributed by atoms with Gasteiger partial charge in [0.2, 0.25) is 5.91 Å². The molecule has 4 rings (SSSR count). The monoisotopic (exact) mass is 447 g/mol. The number of Topliss-reactive ketones (excluding diaryl/α,β-unsaturated/α-hetero) is 1. The van der Waals surface area contributed by atoms with Gasteiger partial charge in [-0.2, -0.15) is 0 Å². The molecule has 2 unspecified atom stereocenters. The van der Waals surface area contributed by atoms with Crippen molar-refractivity contribution in [2.75, 3.05) is 13.7 Å². The zero-order chi connectivity index (χ0) is 23.8. The molecule has 2 atom stereocenters. The Hall–Kier alpha value is -3.08. The summed E-state index contributed by atoms with van der Waals surface area (Å²) < 4.78 is 11.1. The number of allylic oxidation sites excluding steroid dienone is 2. The standard InChI is InChI=1S/C28H33NO4/c1-6-33-24-12-9-18(15-25(24)32-5)19-13-22-27(23(30)14-19)21(16-26(31)29-22)17-7-10-20(11-8-17)28(2,3)4/h7-12,15,19,21H,6,13-14,16H2,1-5H3,(H,29,31). The number of carbonyl (C=O) groups is 2. The van der Waals surface area contributed by atoms with Crippen LogP contribution in [0.1, 0.15) is 75.5 Å². The van der Waals surface area contributed by atoms with Crippen LogP contribution in [0.4, 0.5) is 0 Å². The first-order valence-corrected chi connectivity index (χ1v) is 11.7. The van der Waals surface area contributed by atoms with Crippen molar-refractivity contribution >= 4 is 11.7 Å². The van der Waals surface area contributed by atoms with E-state index in [2.05, 4.69) is 50.4 Å².